The second-order valence-electron chi connectivity index (χ2n) is 6.24. The van der Waals surface area contributed by atoms with Crippen LogP contribution in [-0.4, -0.2) is 16.1 Å². The summed E-state index contributed by atoms with van der Waals surface area (Å²) < 4.78 is 106. The van der Waals surface area contributed by atoms with Crippen LogP contribution >= 0.6 is 0 Å². The van der Waals surface area contributed by atoms with Crippen LogP contribution in [0.25, 0.3) is 17.3 Å². The van der Waals surface area contributed by atoms with Crippen LogP contribution in [0.15, 0.2) is 48.5 Å². The van der Waals surface area contributed by atoms with Gasteiger partial charge in [-0.05, 0) is 29.8 Å². The third-order valence-electron chi connectivity index (χ3n) is 4.12. The molecule has 1 aromatic heterocycles. The lowest BCUT2D eigenvalue weighted by atomic mass is 10.0. The number of halogens is 8. The van der Waals surface area contributed by atoms with Gasteiger partial charge in [-0.15, -0.1) is 0 Å². The zero-order chi connectivity index (χ0) is 23.0. The Hall–Kier alpha value is -3.50. The number of carbonyl (C=O) groups is 1. The maximum absolute atomic E-state index is 14.0. The summed E-state index contributed by atoms with van der Waals surface area (Å²) in [4.78, 5) is 11.4. The second kappa shape index (κ2) is 7.97. The maximum Gasteiger partial charge on any atom is 0.435 e. The number of hydrogen-bond acceptors (Lipinski definition) is 2. The highest BCUT2D eigenvalue weighted by atomic mass is 19.4. The minimum absolute atomic E-state index is 0.0421. The molecule has 1 heterocycles. The molecule has 0 aliphatic heterocycles. The number of hydrogen-bond donors (Lipinski definition) is 0. The normalized spacial score (nSPS) is 12.8. The number of carbonyl (C=O) groups excluding carboxylic acids is 1. The number of nitrogens with zero attached hydrogens (tertiary/aromatic N) is 2. The molecule has 3 nitrogen and oxygen atoms in total. The number of aldehydes is 1. The standard InChI is InChI=1S/C20H10F8N2O/c21-15-6-2-5-14(18(15)22)12(10-31)7-11-3-1-4-13(8-11)30-17(20(26,27)28)9-16(29-30)19(23,24)25/h1-10H. The van der Waals surface area contributed by atoms with Crippen LogP contribution in [-0.2, 0) is 17.1 Å². The fraction of sp³-hybridized carbons (Fsp3) is 0.100. The first kappa shape index (κ1) is 22.2. The van der Waals surface area contributed by atoms with Crippen molar-refractivity contribution in [2.75, 3.05) is 0 Å². The number of rotatable bonds is 4. The molecule has 162 valence electrons. The molecule has 0 spiro atoms. The van der Waals surface area contributed by atoms with Gasteiger partial charge in [0.1, 0.15) is 5.69 Å². The van der Waals surface area contributed by atoms with E-state index in [1.165, 1.54) is 12.1 Å². The lowest BCUT2D eigenvalue weighted by Crippen LogP contribution is -2.13. The van der Waals surface area contributed by atoms with E-state index in [1.54, 1.807) is 0 Å². The molecule has 0 N–H and O–H groups in total. The zero-order valence-corrected chi connectivity index (χ0v) is 15.1. The molecule has 3 aromatic rings. The van der Waals surface area contributed by atoms with Gasteiger partial charge in [-0.2, -0.15) is 31.4 Å². The molecule has 0 saturated heterocycles. The Morgan fingerprint density at radius 1 is 0.903 bits per heavy atom. The summed E-state index contributed by atoms with van der Waals surface area (Å²) in [5.74, 6) is -2.52. The predicted octanol–water partition coefficient (Wildman–Crippen LogP) is 5.93. The van der Waals surface area contributed by atoms with Crippen molar-refractivity contribution in [1.82, 2.24) is 9.78 Å². The van der Waals surface area contributed by atoms with E-state index in [1.807, 2.05) is 0 Å². The molecule has 0 aliphatic carbocycles. The molecule has 0 atom stereocenters. The Morgan fingerprint density at radius 2 is 1.58 bits per heavy atom. The molecule has 3 rings (SSSR count). The molecule has 2 aromatic carbocycles. The summed E-state index contributed by atoms with van der Waals surface area (Å²) in [6, 6.07) is 7.59. The SMILES string of the molecule is O=CC(=Cc1cccc(-n2nc(C(F)(F)F)cc2C(F)(F)F)c1)c1cccc(F)c1F. The first-order chi connectivity index (χ1) is 14.4. The van der Waals surface area contributed by atoms with Gasteiger partial charge in [0, 0.05) is 17.2 Å². The van der Waals surface area contributed by atoms with Crippen LogP contribution in [0, 0.1) is 11.6 Å². The molecular formula is C20H10F8N2O. The minimum atomic E-state index is -5.14. The van der Waals surface area contributed by atoms with Crippen LogP contribution in [0.5, 0.6) is 0 Å². The minimum Gasteiger partial charge on any atom is -0.298 e. The molecule has 0 radical (unpaired) electrons. The highest BCUT2D eigenvalue weighted by Crippen LogP contribution is 2.36. The van der Waals surface area contributed by atoms with Crippen molar-refractivity contribution in [1.29, 1.82) is 0 Å². The van der Waals surface area contributed by atoms with Gasteiger partial charge in [-0.1, -0.05) is 24.3 Å². The van der Waals surface area contributed by atoms with Crippen LogP contribution in [0.3, 0.4) is 0 Å². The summed E-state index contributed by atoms with van der Waals surface area (Å²) in [6.45, 7) is 0. The summed E-state index contributed by atoms with van der Waals surface area (Å²) in [5.41, 5.74) is -4.47. The Kier molecular flexibility index (Phi) is 5.70. The third kappa shape index (κ3) is 4.65. The van der Waals surface area contributed by atoms with Crippen LogP contribution in [0.2, 0.25) is 0 Å². The summed E-state index contributed by atoms with van der Waals surface area (Å²) in [5, 5.41) is 3.01. The molecule has 0 aliphatic rings. The molecule has 0 amide bonds. The molecule has 0 saturated carbocycles. The maximum atomic E-state index is 14.0. The van der Waals surface area contributed by atoms with Crippen molar-refractivity contribution >= 4 is 17.9 Å². The van der Waals surface area contributed by atoms with Gasteiger partial charge in [0.15, 0.2) is 23.6 Å². The van der Waals surface area contributed by atoms with E-state index in [2.05, 4.69) is 5.10 Å². The second-order valence-corrected chi connectivity index (χ2v) is 6.24. The lowest BCUT2D eigenvalue weighted by Gasteiger charge is -2.11. The number of alkyl halides is 6. The quantitative estimate of drug-likeness (QED) is 0.216. The highest BCUT2D eigenvalue weighted by Gasteiger charge is 2.42. The van der Waals surface area contributed by atoms with Crippen LogP contribution in [0.4, 0.5) is 35.1 Å². The Morgan fingerprint density at radius 3 is 2.19 bits per heavy atom. The number of benzene rings is 2. The van der Waals surface area contributed by atoms with E-state index < -0.39 is 40.9 Å². The summed E-state index contributed by atoms with van der Waals surface area (Å²) in [7, 11) is 0. The van der Waals surface area contributed by atoms with Crippen LogP contribution in [0.1, 0.15) is 22.5 Å². The Labute approximate surface area is 169 Å². The summed E-state index contributed by atoms with van der Waals surface area (Å²) >= 11 is 0. The van der Waals surface area contributed by atoms with Gasteiger partial charge in [0.05, 0.1) is 5.69 Å². The van der Waals surface area contributed by atoms with Gasteiger partial charge in [-0.25, -0.2) is 13.5 Å². The average molecular weight is 446 g/mol. The van der Waals surface area contributed by atoms with Gasteiger partial charge < -0.3 is 0 Å². The van der Waals surface area contributed by atoms with Crippen molar-refractivity contribution in [3.63, 3.8) is 0 Å². The first-order valence-electron chi connectivity index (χ1n) is 8.38. The molecular weight excluding hydrogens is 436 g/mol. The third-order valence-corrected chi connectivity index (χ3v) is 4.12. The largest absolute Gasteiger partial charge is 0.435 e. The van der Waals surface area contributed by atoms with E-state index in [9.17, 15) is 39.9 Å². The lowest BCUT2D eigenvalue weighted by molar-refractivity contribution is -0.143. The van der Waals surface area contributed by atoms with Gasteiger partial charge in [-0.3, -0.25) is 4.79 Å². The smallest absolute Gasteiger partial charge is 0.298 e. The summed E-state index contributed by atoms with van der Waals surface area (Å²) in [6.07, 6.45) is -8.99. The Balaban J connectivity index is 2.12. The van der Waals surface area contributed by atoms with E-state index in [0.717, 1.165) is 36.4 Å². The van der Waals surface area contributed by atoms with Crippen molar-refractivity contribution in [2.45, 2.75) is 12.4 Å². The van der Waals surface area contributed by atoms with E-state index in [0.29, 0.717) is 0 Å². The van der Waals surface area contributed by atoms with Crippen molar-refractivity contribution in [3.8, 4) is 5.69 Å². The topological polar surface area (TPSA) is 34.9 Å². The van der Waals surface area contributed by atoms with Crippen molar-refractivity contribution < 1.29 is 39.9 Å². The average Bonchev–Trinajstić information content (AvgIpc) is 3.15. The number of aromatic nitrogens is 2. The fourth-order valence-corrected chi connectivity index (χ4v) is 2.75. The molecule has 11 heteroatoms. The zero-order valence-electron chi connectivity index (χ0n) is 15.1. The van der Waals surface area contributed by atoms with Crippen molar-refractivity contribution in [3.05, 3.63) is 82.7 Å². The van der Waals surface area contributed by atoms with Gasteiger partial charge in [0.2, 0.25) is 0 Å². The molecule has 0 unspecified atom stereocenters. The molecule has 0 fully saturated rings. The molecule has 31 heavy (non-hydrogen) atoms. The van der Waals surface area contributed by atoms with Gasteiger partial charge >= 0.3 is 12.4 Å². The van der Waals surface area contributed by atoms with Gasteiger partial charge in [0.25, 0.3) is 0 Å². The van der Waals surface area contributed by atoms with E-state index in [-0.39, 0.29) is 33.9 Å². The molecule has 0 bridgehead atoms. The van der Waals surface area contributed by atoms with Crippen molar-refractivity contribution in [2.24, 2.45) is 0 Å². The van der Waals surface area contributed by atoms with E-state index in [4.69, 9.17) is 0 Å². The monoisotopic (exact) mass is 446 g/mol. The highest BCUT2D eigenvalue weighted by molar-refractivity contribution is 6.13. The fourth-order valence-electron chi connectivity index (χ4n) is 2.75. The predicted molar refractivity (Wildman–Crippen MR) is 93.9 cm³/mol. The number of allylic oxidation sites excluding steroid dienone is 1. The first-order valence-corrected chi connectivity index (χ1v) is 8.38. The Bertz CT molecular complexity index is 1160. The van der Waals surface area contributed by atoms with E-state index >= 15 is 0 Å². The van der Waals surface area contributed by atoms with Crippen LogP contribution < -0.4 is 0 Å².